The van der Waals surface area contributed by atoms with Gasteiger partial charge in [-0.2, -0.15) is 0 Å². The predicted molar refractivity (Wildman–Crippen MR) is 107 cm³/mol. The van der Waals surface area contributed by atoms with Gasteiger partial charge < -0.3 is 14.5 Å². The average Bonchev–Trinajstić information content (AvgIpc) is 3.00. The van der Waals surface area contributed by atoms with Gasteiger partial charge in [0.15, 0.2) is 0 Å². The molecule has 3 rings (SSSR count). The zero-order chi connectivity index (χ0) is 20.8. The van der Waals surface area contributed by atoms with E-state index in [1.807, 2.05) is 6.07 Å². The number of hydrogen-bond acceptors (Lipinski definition) is 5. The van der Waals surface area contributed by atoms with Crippen LogP contribution in [-0.2, 0) is 11.2 Å². The molecule has 1 aliphatic rings. The molecule has 1 aliphatic heterocycles. The van der Waals surface area contributed by atoms with Crippen molar-refractivity contribution >= 4 is 17.5 Å². The summed E-state index contributed by atoms with van der Waals surface area (Å²) >= 11 is 0. The summed E-state index contributed by atoms with van der Waals surface area (Å²) in [5, 5.41) is 10.7. The number of carbonyl (C=O) groups is 2. The highest BCUT2D eigenvalue weighted by molar-refractivity contribution is 5.97. The maximum Gasteiger partial charge on any atom is 0.269 e. The number of ether oxygens (including phenoxy) is 1. The Bertz CT molecular complexity index is 897. The Morgan fingerprint density at radius 2 is 1.66 bits per heavy atom. The van der Waals surface area contributed by atoms with Crippen molar-refractivity contribution in [2.24, 2.45) is 0 Å². The summed E-state index contributed by atoms with van der Waals surface area (Å²) in [6.07, 6.45) is 0.866. The molecule has 0 unspecified atom stereocenters. The largest absolute Gasteiger partial charge is 0.496 e. The van der Waals surface area contributed by atoms with Crippen LogP contribution in [0, 0.1) is 10.1 Å². The first kappa shape index (κ1) is 20.3. The van der Waals surface area contributed by atoms with Crippen molar-refractivity contribution in [1.82, 2.24) is 9.80 Å². The van der Waals surface area contributed by atoms with Crippen molar-refractivity contribution in [3.05, 3.63) is 69.8 Å². The van der Waals surface area contributed by atoms with Gasteiger partial charge in [-0.3, -0.25) is 19.7 Å². The summed E-state index contributed by atoms with van der Waals surface area (Å²) in [5.74, 6) is 0.380. The molecule has 0 N–H and O–H groups in total. The third-order valence-corrected chi connectivity index (χ3v) is 4.98. The lowest BCUT2D eigenvalue weighted by Crippen LogP contribution is -2.38. The third-order valence-electron chi connectivity index (χ3n) is 4.98. The second-order valence-electron chi connectivity index (χ2n) is 6.83. The van der Waals surface area contributed by atoms with E-state index in [1.54, 1.807) is 40.1 Å². The molecule has 0 aromatic heterocycles. The normalized spacial score (nSPS) is 14.2. The first-order valence-electron chi connectivity index (χ1n) is 9.43. The third kappa shape index (κ3) is 4.90. The second kappa shape index (κ2) is 9.18. The van der Waals surface area contributed by atoms with Gasteiger partial charge in [-0.15, -0.1) is 0 Å². The zero-order valence-corrected chi connectivity index (χ0v) is 16.2. The van der Waals surface area contributed by atoms with E-state index in [9.17, 15) is 19.7 Å². The summed E-state index contributed by atoms with van der Waals surface area (Å²) in [4.78, 5) is 39.3. The van der Waals surface area contributed by atoms with Crippen LogP contribution in [0.2, 0.25) is 0 Å². The van der Waals surface area contributed by atoms with Gasteiger partial charge in [-0.25, -0.2) is 0 Å². The van der Waals surface area contributed by atoms with E-state index in [4.69, 9.17) is 4.74 Å². The highest BCUT2D eigenvalue weighted by Gasteiger charge is 2.24. The van der Waals surface area contributed by atoms with Crippen molar-refractivity contribution in [1.29, 1.82) is 0 Å². The summed E-state index contributed by atoms with van der Waals surface area (Å²) in [7, 11) is 1.53. The summed E-state index contributed by atoms with van der Waals surface area (Å²) in [6, 6.07) is 13.1. The smallest absolute Gasteiger partial charge is 0.269 e. The summed E-state index contributed by atoms with van der Waals surface area (Å²) in [6.45, 7) is 2.04. The minimum absolute atomic E-state index is 0.00136. The molecule has 0 radical (unpaired) electrons. The number of nitrogens with zero attached hydrogens (tertiary/aromatic N) is 3. The first-order valence-corrected chi connectivity index (χ1v) is 9.43. The van der Waals surface area contributed by atoms with Gasteiger partial charge in [-0.1, -0.05) is 24.3 Å². The molecule has 1 saturated heterocycles. The van der Waals surface area contributed by atoms with Crippen molar-refractivity contribution in [3.63, 3.8) is 0 Å². The molecule has 152 valence electrons. The molecule has 8 heteroatoms. The van der Waals surface area contributed by atoms with E-state index in [0.29, 0.717) is 43.9 Å². The minimum atomic E-state index is -0.465. The standard InChI is InChI=1S/C21H23N3O5/c1-29-19-6-3-2-5-18(19)21(26)23-12-4-11-22(13-14-23)20(25)15-16-7-9-17(10-8-16)24(27)28/h2-3,5-10H,4,11-15H2,1H3. The topological polar surface area (TPSA) is 93.0 Å². The number of benzene rings is 2. The number of hydrogen-bond donors (Lipinski definition) is 0. The van der Waals surface area contributed by atoms with Gasteiger partial charge in [0.1, 0.15) is 5.75 Å². The van der Waals surface area contributed by atoms with Gasteiger partial charge in [0.25, 0.3) is 11.6 Å². The first-order chi connectivity index (χ1) is 14.0. The molecule has 0 saturated carbocycles. The molecule has 29 heavy (non-hydrogen) atoms. The van der Waals surface area contributed by atoms with Crippen molar-refractivity contribution in [3.8, 4) is 5.75 Å². The molecular weight excluding hydrogens is 374 g/mol. The molecule has 2 aromatic carbocycles. The zero-order valence-electron chi connectivity index (χ0n) is 16.2. The van der Waals surface area contributed by atoms with E-state index in [1.165, 1.54) is 19.2 Å². The lowest BCUT2D eigenvalue weighted by molar-refractivity contribution is -0.384. The maximum absolute atomic E-state index is 12.9. The molecule has 2 aromatic rings. The van der Waals surface area contributed by atoms with Gasteiger partial charge in [-0.05, 0) is 24.1 Å². The van der Waals surface area contributed by atoms with Gasteiger partial charge in [0.2, 0.25) is 5.91 Å². The molecule has 1 heterocycles. The summed E-state index contributed by atoms with van der Waals surface area (Å²) < 4.78 is 5.28. The lowest BCUT2D eigenvalue weighted by atomic mass is 10.1. The number of nitro benzene ring substituents is 1. The molecule has 0 bridgehead atoms. The predicted octanol–water partition coefficient (Wildman–Crippen LogP) is 2.52. The van der Waals surface area contributed by atoms with Gasteiger partial charge in [0, 0.05) is 38.3 Å². The van der Waals surface area contributed by atoms with Crippen LogP contribution in [0.3, 0.4) is 0 Å². The molecule has 0 aliphatic carbocycles. The molecule has 0 spiro atoms. The number of nitro groups is 1. The minimum Gasteiger partial charge on any atom is -0.496 e. The number of carbonyl (C=O) groups excluding carboxylic acids is 2. The Morgan fingerprint density at radius 3 is 2.34 bits per heavy atom. The fraction of sp³-hybridized carbons (Fsp3) is 0.333. The quantitative estimate of drug-likeness (QED) is 0.571. The Hall–Kier alpha value is -3.42. The van der Waals surface area contributed by atoms with Crippen LogP contribution in [-0.4, -0.2) is 59.8 Å². The van der Waals surface area contributed by atoms with Crippen LogP contribution in [0.1, 0.15) is 22.3 Å². The van der Waals surface area contributed by atoms with Crippen LogP contribution in [0.25, 0.3) is 0 Å². The molecule has 2 amide bonds. The SMILES string of the molecule is COc1ccccc1C(=O)N1CCCN(C(=O)Cc2ccc([N+](=O)[O-])cc2)CC1. The van der Waals surface area contributed by atoms with Crippen molar-refractivity contribution in [2.75, 3.05) is 33.3 Å². The number of rotatable bonds is 5. The highest BCUT2D eigenvalue weighted by atomic mass is 16.6. The lowest BCUT2D eigenvalue weighted by Gasteiger charge is -2.23. The maximum atomic E-state index is 12.9. The van der Waals surface area contributed by atoms with Crippen LogP contribution >= 0.6 is 0 Å². The Balaban J connectivity index is 1.61. The van der Waals surface area contributed by atoms with Crippen molar-refractivity contribution in [2.45, 2.75) is 12.8 Å². The van der Waals surface area contributed by atoms with Crippen LogP contribution in [0.5, 0.6) is 5.75 Å². The highest BCUT2D eigenvalue weighted by Crippen LogP contribution is 2.20. The van der Waals surface area contributed by atoms with E-state index in [2.05, 4.69) is 0 Å². The van der Waals surface area contributed by atoms with E-state index < -0.39 is 4.92 Å². The van der Waals surface area contributed by atoms with Gasteiger partial charge in [0.05, 0.1) is 24.0 Å². The molecule has 1 fully saturated rings. The van der Waals surface area contributed by atoms with Crippen LogP contribution in [0.4, 0.5) is 5.69 Å². The number of methoxy groups -OCH3 is 1. The number of amides is 2. The average molecular weight is 397 g/mol. The van der Waals surface area contributed by atoms with E-state index in [-0.39, 0.29) is 23.9 Å². The monoisotopic (exact) mass is 397 g/mol. The number of non-ortho nitro benzene ring substituents is 1. The Labute approximate surface area is 168 Å². The Kier molecular flexibility index (Phi) is 6.43. The summed E-state index contributed by atoms with van der Waals surface area (Å²) in [5.41, 5.74) is 1.24. The fourth-order valence-electron chi connectivity index (χ4n) is 3.38. The number of para-hydroxylation sites is 1. The molecular formula is C21H23N3O5. The molecule has 0 atom stereocenters. The van der Waals surface area contributed by atoms with E-state index in [0.717, 1.165) is 5.56 Å². The van der Waals surface area contributed by atoms with Crippen molar-refractivity contribution < 1.29 is 19.2 Å². The van der Waals surface area contributed by atoms with E-state index >= 15 is 0 Å². The fourth-order valence-corrected chi connectivity index (χ4v) is 3.38. The Morgan fingerprint density at radius 1 is 1.00 bits per heavy atom. The van der Waals surface area contributed by atoms with Gasteiger partial charge >= 0.3 is 0 Å². The van der Waals surface area contributed by atoms with Crippen LogP contribution in [0.15, 0.2) is 48.5 Å². The second-order valence-corrected chi connectivity index (χ2v) is 6.83. The molecule has 8 nitrogen and oxygen atoms in total. The van der Waals surface area contributed by atoms with Crippen LogP contribution < -0.4 is 4.74 Å².